The summed E-state index contributed by atoms with van der Waals surface area (Å²) in [7, 11) is 0. The Morgan fingerprint density at radius 3 is 2.56 bits per heavy atom. The maximum atomic E-state index is 10.9. The molecule has 0 aliphatic rings. The fourth-order valence-corrected chi connectivity index (χ4v) is 1.64. The molecular weight excluding hydrogens is 196 g/mol. The van der Waals surface area contributed by atoms with Crippen LogP contribution in [0.5, 0.6) is 0 Å². The average Bonchev–Trinajstić information content (AvgIpc) is 2.35. The van der Waals surface area contributed by atoms with Gasteiger partial charge in [0.1, 0.15) is 6.29 Å². The highest BCUT2D eigenvalue weighted by Crippen LogP contribution is 2.11. The summed E-state index contributed by atoms with van der Waals surface area (Å²) >= 11 is 0. The van der Waals surface area contributed by atoms with Crippen LogP contribution in [-0.4, -0.2) is 6.29 Å². The van der Waals surface area contributed by atoms with Gasteiger partial charge in [-0.25, -0.2) is 0 Å². The number of unbranched alkanes of at least 4 members (excludes halogenated alkanes) is 2. The number of carbonyl (C=O) groups is 1. The summed E-state index contributed by atoms with van der Waals surface area (Å²) in [6, 6.07) is 10.1. The van der Waals surface area contributed by atoms with Crippen molar-refractivity contribution in [3.63, 3.8) is 0 Å². The second kappa shape index (κ2) is 7.86. The topological polar surface area (TPSA) is 17.1 Å². The van der Waals surface area contributed by atoms with Crippen molar-refractivity contribution in [3.05, 3.63) is 42.0 Å². The summed E-state index contributed by atoms with van der Waals surface area (Å²) in [6.45, 7) is 2.18. The highest BCUT2D eigenvalue weighted by Gasteiger charge is 2.01. The molecule has 0 aliphatic heterocycles. The zero-order chi connectivity index (χ0) is 11.6. The number of carbonyl (C=O) groups excluding carboxylic acids is 1. The molecule has 0 saturated carbocycles. The van der Waals surface area contributed by atoms with Gasteiger partial charge in [0.2, 0.25) is 0 Å². The monoisotopic (exact) mass is 216 g/mol. The standard InChI is InChI=1S/C15H20O/c1-2-3-5-10-15(13-16)12-11-14-8-6-4-7-9-14/h4,6-9,11-13,15H,2-3,5,10H2,1H3. The number of rotatable bonds is 7. The first-order valence-electron chi connectivity index (χ1n) is 6.05. The van der Waals surface area contributed by atoms with Crippen molar-refractivity contribution in [2.75, 3.05) is 0 Å². The van der Waals surface area contributed by atoms with E-state index in [4.69, 9.17) is 0 Å². The Morgan fingerprint density at radius 2 is 1.94 bits per heavy atom. The Kier molecular flexibility index (Phi) is 6.24. The molecule has 0 N–H and O–H groups in total. The maximum Gasteiger partial charge on any atom is 0.126 e. The molecule has 0 heterocycles. The summed E-state index contributed by atoms with van der Waals surface area (Å²) in [5.74, 6) is 0.0757. The van der Waals surface area contributed by atoms with Crippen molar-refractivity contribution in [2.45, 2.75) is 32.6 Å². The third kappa shape index (κ3) is 4.92. The lowest BCUT2D eigenvalue weighted by molar-refractivity contribution is -0.110. The molecule has 86 valence electrons. The van der Waals surface area contributed by atoms with E-state index in [-0.39, 0.29) is 5.92 Å². The maximum absolute atomic E-state index is 10.9. The minimum absolute atomic E-state index is 0.0757. The van der Waals surface area contributed by atoms with Gasteiger partial charge in [-0.05, 0) is 12.0 Å². The van der Waals surface area contributed by atoms with E-state index in [1.807, 2.05) is 42.5 Å². The first-order chi connectivity index (χ1) is 7.86. The van der Waals surface area contributed by atoms with Gasteiger partial charge < -0.3 is 4.79 Å². The van der Waals surface area contributed by atoms with Gasteiger partial charge in [0.15, 0.2) is 0 Å². The van der Waals surface area contributed by atoms with Gasteiger partial charge in [-0.1, -0.05) is 68.7 Å². The molecule has 1 atom stereocenters. The van der Waals surface area contributed by atoms with Gasteiger partial charge >= 0.3 is 0 Å². The van der Waals surface area contributed by atoms with E-state index in [1.54, 1.807) is 0 Å². The van der Waals surface area contributed by atoms with E-state index in [9.17, 15) is 4.79 Å². The lowest BCUT2D eigenvalue weighted by Gasteiger charge is -2.03. The molecule has 0 amide bonds. The van der Waals surface area contributed by atoms with Crippen LogP contribution in [0.25, 0.3) is 6.08 Å². The Balaban J connectivity index is 2.43. The van der Waals surface area contributed by atoms with Crippen molar-refractivity contribution >= 4 is 12.4 Å². The normalized spacial score (nSPS) is 12.8. The summed E-state index contributed by atoms with van der Waals surface area (Å²) in [6.07, 6.45) is 9.62. The number of hydrogen-bond acceptors (Lipinski definition) is 1. The lowest BCUT2D eigenvalue weighted by atomic mass is 10.0. The lowest BCUT2D eigenvalue weighted by Crippen LogP contribution is -1.97. The van der Waals surface area contributed by atoms with Gasteiger partial charge in [0, 0.05) is 5.92 Å². The second-order valence-corrected chi connectivity index (χ2v) is 4.07. The van der Waals surface area contributed by atoms with Crippen LogP contribution in [0.3, 0.4) is 0 Å². The third-order valence-electron chi connectivity index (χ3n) is 2.65. The molecule has 0 radical (unpaired) electrons. The average molecular weight is 216 g/mol. The van der Waals surface area contributed by atoms with Crippen LogP contribution in [0, 0.1) is 5.92 Å². The van der Waals surface area contributed by atoms with Crippen LogP contribution in [0.15, 0.2) is 36.4 Å². The van der Waals surface area contributed by atoms with Crippen molar-refractivity contribution in [1.82, 2.24) is 0 Å². The van der Waals surface area contributed by atoms with E-state index in [0.29, 0.717) is 0 Å². The molecule has 1 heteroatoms. The van der Waals surface area contributed by atoms with Crippen molar-refractivity contribution in [2.24, 2.45) is 5.92 Å². The molecule has 1 unspecified atom stereocenters. The Bertz CT molecular complexity index is 313. The summed E-state index contributed by atoms with van der Waals surface area (Å²) < 4.78 is 0. The van der Waals surface area contributed by atoms with Crippen LogP contribution in [0.1, 0.15) is 38.2 Å². The summed E-state index contributed by atoms with van der Waals surface area (Å²) in [5.41, 5.74) is 1.16. The van der Waals surface area contributed by atoms with Crippen molar-refractivity contribution in [3.8, 4) is 0 Å². The molecular formula is C15H20O. The van der Waals surface area contributed by atoms with Crippen LogP contribution in [0.2, 0.25) is 0 Å². The van der Waals surface area contributed by atoms with E-state index in [2.05, 4.69) is 6.92 Å². The molecule has 0 aromatic heterocycles. The van der Waals surface area contributed by atoms with Crippen molar-refractivity contribution in [1.29, 1.82) is 0 Å². The molecule has 1 nitrogen and oxygen atoms in total. The Labute approximate surface area is 98.2 Å². The SMILES string of the molecule is CCCCCC(C=O)C=Cc1ccccc1. The van der Waals surface area contributed by atoms with Gasteiger partial charge in [0.05, 0.1) is 0 Å². The van der Waals surface area contributed by atoms with E-state index in [1.165, 1.54) is 12.8 Å². The molecule has 1 aromatic rings. The Morgan fingerprint density at radius 1 is 1.19 bits per heavy atom. The molecule has 0 spiro atoms. The van der Waals surface area contributed by atoms with E-state index in [0.717, 1.165) is 24.7 Å². The number of allylic oxidation sites excluding steroid dienone is 1. The highest BCUT2D eigenvalue weighted by molar-refractivity contribution is 5.61. The minimum Gasteiger partial charge on any atom is -0.303 e. The van der Waals surface area contributed by atoms with Crippen LogP contribution in [-0.2, 0) is 4.79 Å². The predicted octanol–water partition coefficient (Wildman–Crippen LogP) is 4.10. The summed E-state index contributed by atoms with van der Waals surface area (Å²) in [5, 5.41) is 0. The van der Waals surface area contributed by atoms with Gasteiger partial charge in [0.25, 0.3) is 0 Å². The fraction of sp³-hybridized carbons (Fsp3) is 0.400. The first-order valence-corrected chi connectivity index (χ1v) is 6.05. The first kappa shape index (κ1) is 12.7. The van der Waals surface area contributed by atoms with E-state index >= 15 is 0 Å². The van der Waals surface area contributed by atoms with Crippen LogP contribution in [0.4, 0.5) is 0 Å². The molecule has 0 saturated heterocycles. The zero-order valence-electron chi connectivity index (χ0n) is 9.93. The van der Waals surface area contributed by atoms with E-state index < -0.39 is 0 Å². The van der Waals surface area contributed by atoms with Gasteiger partial charge in [-0.3, -0.25) is 0 Å². The molecule has 1 rings (SSSR count). The number of hydrogen-bond donors (Lipinski definition) is 0. The molecule has 1 aromatic carbocycles. The highest BCUT2D eigenvalue weighted by atomic mass is 16.1. The molecule has 0 fully saturated rings. The minimum atomic E-state index is 0.0757. The third-order valence-corrected chi connectivity index (χ3v) is 2.65. The zero-order valence-corrected chi connectivity index (χ0v) is 9.93. The second-order valence-electron chi connectivity index (χ2n) is 4.07. The van der Waals surface area contributed by atoms with Crippen LogP contribution >= 0.6 is 0 Å². The fourth-order valence-electron chi connectivity index (χ4n) is 1.64. The largest absolute Gasteiger partial charge is 0.303 e. The smallest absolute Gasteiger partial charge is 0.126 e. The van der Waals surface area contributed by atoms with Gasteiger partial charge in [-0.2, -0.15) is 0 Å². The molecule has 16 heavy (non-hydrogen) atoms. The molecule has 0 bridgehead atoms. The Hall–Kier alpha value is -1.37. The van der Waals surface area contributed by atoms with Crippen molar-refractivity contribution < 1.29 is 4.79 Å². The number of benzene rings is 1. The quantitative estimate of drug-likeness (QED) is 0.495. The van der Waals surface area contributed by atoms with Crippen LogP contribution < -0.4 is 0 Å². The van der Waals surface area contributed by atoms with Gasteiger partial charge in [-0.15, -0.1) is 0 Å². The molecule has 0 aliphatic carbocycles. The summed E-state index contributed by atoms with van der Waals surface area (Å²) in [4.78, 5) is 10.9. The predicted molar refractivity (Wildman–Crippen MR) is 69.2 cm³/mol. The number of aldehydes is 1.